The minimum Gasteiger partial charge on any atom is -0.392 e. The zero-order valence-electron chi connectivity index (χ0n) is 10.2. The van der Waals surface area contributed by atoms with E-state index in [0.29, 0.717) is 5.56 Å². The summed E-state index contributed by atoms with van der Waals surface area (Å²) in [6.07, 6.45) is 0.827. The Morgan fingerprint density at radius 3 is 2.56 bits per heavy atom. The van der Waals surface area contributed by atoms with Crippen molar-refractivity contribution >= 4 is 17.7 Å². The first-order valence-corrected chi connectivity index (χ1v) is 5.77. The maximum Gasteiger partial charge on any atom is 0.152 e. The average Bonchev–Trinajstić information content (AvgIpc) is 2.42. The van der Waals surface area contributed by atoms with Crippen LogP contribution in [-0.2, 0) is 6.61 Å². The number of anilines is 2. The fourth-order valence-electron chi connectivity index (χ4n) is 1.85. The highest BCUT2D eigenvalue weighted by atomic mass is 16.3. The van der Waals surface area contributed by atoms with Gasteiger partial charge in [-0.3, -0.25) is 4.79 Å². The Balaban J connectivity index is 2.37. The number of para-hydroxylation sites is 1. The summed E-state index contributed by atoms with van der Waals surface area (Å²) >= 11 is 0. The lowest BCUT2D eigenvalue weighted by Gasteiger charge is -2.13. The third kappa shape index (κ3) is 2.41. The third-order valence-corrected chi connectivity index (χ3v) is 2.97. The van der Waals surface area contributed by atoms with Crippen LogP contribution in [0.4, 0.5) is 11.4 Å². The van der Waals surface area contributed by atoms with Gasteiger partial charge < -0.3 is 10.4 Å². The topological polar surface area (TPSA) is 49.3 Å². The predicted octanol–water partition coefficient (Wildman–Crippen LogP) is 3.04. The van der Waals surface area contributed by atoms with E-state index in [2.05, 4.69) is 5.32 Å². The lowest BCUT2D eigenvalue weighted by molar-refractivity contribution is 0.112. The molecule has 0 bridgehead atoms. The molecule has 3 heteroatoms. The molecule has 2 rings (SSSR count). The van der Waals surface area contributed by atoms with Crippen LogP contribution in [0.2, 0.25) is 0 Å². The van der Waals surface area contributed by atoms with E-state index in [0.717, 1.165) is 28.8 Å². The van der Waals surface area contributed by atoms with Crippen molar-refractivity contribution in [2.75, 3.05) is 5.32 Å². The van der Waals surface area contributed by atoms with Gasteiger partial charge in [0.15, 0.2) is 6.29 Å². The summed E-state index contributed by atoms with van der Waals surface area (Å²) in [4.78, 5) is 10.9. The molecule has 0 spiro atoms. The number of hydrogen-bond acceptors (Lipinski definition) is 3. The summed E-state index contributed by atoms with van der Waals surface area (Å²) in [7, 11) is 0. The molecule has 0 saturated carbocycles. The molecule has 0 unspecified atom stereocenters. The van der Waals surface area contributed by atoms with E-state index in [1.807, 2.05) is 43.3 Å². The summed E-state index contributed by atoms with van der Waals surface area (Å²) in [5, 5.41) is 12.4. The number of benzene rings is 2. The number of rotatable bonds is 4. The second kappa shape index (κ2) is 5.47. The molecule has 0 aliphatic heterocycles. The zero-order chi connectivity index (χ0) is 13.0. The summed E-state index contributed by atoms with van der Waals surface area (Å²) in [5.41, 5.74) is 4.15. The molecule has 18 heavy (non-hydrogen) atoms. The molecule has 0 amide bonds. The molecule has 0 radical (unpaired) electrons. The van der Waals surface area contributed by atoms with E-state index < -0.39 is 0 Å². The normalized spacial score (nSPS) is 10.1. The van der Waals surface area contributed by atoms with Crippen LogP contribution in [0.15, 0.2) is 42.5 Å². The lowest BCUT2D eigenvalue weighted by Crippen LogP contribution is -1.99. The Bertz CT molecular complexity index is 564. The van der Waals surface area contributed by atoms with Gasteiger partial charge in [-0.25, -0.2) is 0 Å². The summed E-state index contributed by atoms with van der Waals surface area (Å²) in [6.45, 7) is 1.95. The molecular weight excluding hydrogens is 226 g/mol. The summed E-state index contributed by atoms with van der Waals surface area (Å²) < 4.78 is 0. The van der Waals surface area contributed by atoms with Crippen molar-refractivity contribution in [1.82, 2.24) is 0 Å². The molecule has 0 aliphatic rings. The first-order valence-electron chi connectivity index (χ1n) is 5.77. The second-order valence-corrected chi connectivity index (χ2v) is 4.08. The molecular formula is C15H15NO2. The minimum atomic E-state index is 0.0106. The van der Waals surface area contributed by atoms with Gasteiger partial charge in [-0.1, -0.05) is 24.3 Å². The van der Waals surface area contributed by atoms with Gasteiger partial charge in [-0.2, -0.15) is 0 Å². The van der Waals surface area contributed by atoms with Crippen LogP contribution in [0.3, 0.4) is 0 Å². The molecule has 92 valence electrons. The van der Waals surface area contributed by atoms with Crippen LogP contribution in [-0.4, -0.2) is 11.4 Å². The Hall–Kier alpha value is -2.13. The van der Waals surface area contributed by atoms with Gasteiger partial charge in [0.1, 0.15) is 0 Å². The SMILES string of the molecule is Cc1c(CO)cccc1Nc1ccccc1C=O. The van der Waals surface area contributed by atoms with E-state index in [1.54, 1.807) is 6.07 Å². The van der Waals surface area contributed by atoms with E-state index >= 15 is 0 Å². The molecule has 0 atom stereocenters. The van der Waals surface area contributed by atoms with Crippen LogP contribution in [0.5, 0.6) is 0 Å². The van der Waals surface area contributed by atoms with Crippen molar-refractivity contribution in [3.05, 3.63) is 59.2 Å². The highest BCUT2D eigenvalue weighted by Crippen LogP contribution is 2.24. The second-order valence-electron chi connectivity index (χ2n) is 4.08. The number of nitrogens with one attached hydrogen (secondary N) is 1. The highest BCUT2D eigenvalue weighted by molar-refractivity contribution is 5.86. The Kier molecular flexibility index (Phi) is 3.75. The molecule has 0 saturated heterocycles. The monoisotopic (exact) mass is 241 g/mol. The smallest absolute Gasteiger partial charge is 0.152 e. The first kappa shape index (κ1) is 12.3. The van der Waals surface area contributed by atoms with E-state index in [9.17, 15) is 9.90 Å². The molecule has 2 aromatic carbocycles. The van der Waals surface area contributed by atoms with Crippen molar-refractivity contribution in [2.24, 2.45) is 0 Å². The Labute approximate surface area is 106 Å². The lowest BCUT2D eigenvalue weighted by atomic mass is 10.1. The minimum absolute atomic E-state index is 0.0106. The summed E-state index contributed by atoms with van der Waals surface area (Å²) in [5.74, 6) is 0. The number of aliphatic hydroxyl groups is 1. The fourth-order valence-corrected chi connectivity index (χ4v) is 1.85. The van der Waals surface area contributed by atoms with Gasteiger partial charge in [-0.15, -0.1) is 0 Å². The van der Waals surface area contributed by atoms with Gasteiger partial charge >= 0.3 is 0 Å². The zero-order valence-corrected chi connectivity index (χ0v) is 10.2. The van der Waals surface area contributed by atoms with Gasteiger partial charge in [0.05, 0.1) is 6.61 Å². The fraction of sp³-hybridized carbons (Fsp3) is 0.133. The largest absolute Gasteiger partial charge is 0.392 e. The number of carbonyl (C=O) groups excluding carboxylic acids is 1. The number of aliphatic hydroxyl groups excluding tert-OH is 1. The van der Waals surface area contributed by atoms with Crippen LogP contribution in [0.25, 0.3) is 0 Å². The quantitative estimate of drug-likeness (QED) is 0.809. The molecule has 2 N–H and O–H groups in total. The molecule has 0 aliphatic carbocycles. The van der Waals surface area contributed by atoms with Crippen molar-refractivity contribution < 1.29 is 9.90 Å². The molecule has 0 aromatic heterocycles. The maximum atomic E-state index is 10.9. The van der Waals surface area contributed by atoms with Crippen LogP contribution in [0, 0.1) is 6.92 Å². The van der Waals surface area contributed by atoms with Gasteiger partial charge in [0.25, 0.3) is 0 Å². The Morgan fingerprint density at radius 1 is 1.11 bits per heavy atom. The van der Waals surface area contributed by atoms with E-state index in [-0.39, 0.29) is 6.61 Å². The van der Waals surface area contributed by atoms with Crippen molar-refractivity contribution in [3.63, 3.8) is 0 Å². The number of carbonyl (C=O) groups is 1. The number of hydrogen-bond donors (Lipinski definition) is 2. The molecule has 3 nitrogen and oxygen atoms in total. The average molecular weight is 241 g/mol. The van der Waals surface area contributed by atoms with Crippen molar-refractivity contribution in [2.45, 2.75) is 13.5 Å². The van der Waals surface area contributed by atoms with Crippen molar-refractivity contribution in [3.8, 4) is 0 Å². The Morgan fingerprint density at radius 2 is 1.83 bits per heavy atom. The molecule has 0 fully saturated rings. The van der Waals surface area contributed by atoms with Gasteiger partial charge in [0.2, 0.25) is 0 Å². The van der Waals surface area contributed by atoms with Crippen molar-refractivity contribution in [1.29, 1.82) is 0 Å². The third-order valence-electron chi connectivity index (χ3n) is 2.97. The van der Waals surface area contributed by atoms with E-state index in [1.165, 1.54) is 0 Å². The van der Waals surface area contributed by atoms with Crippen LogP contribution in [0.1, 0.15) is 21.5 Å². The molecule has 2 aromatic rings. The summed E-state index contributed by atoms with van der Waals surface area (Å²) in [6, 6.07) is 13.0. The number of aldehydes is 1. The highest BCUT2D eigenvalue weighted by Gasteiger charge is 2.05. The molecule has 0 heterocycles. The van der Waals surface area contributed by atoms with Gasteiger partial charge in [0, 0.05) is 16.9 Å². The van der Waals surface area contributed by atoms with E-state index in [4.69, 9.17) is 0 Å². The maximum absolute atomic E-state index is 10.9. The standard InChI is InChI=1S/C15H15NO2/c1-11-12(9-17)6-4-8-14(11)16-15-7-3-2-5-13(15)10-18/h2-8,10,16-17H,9H2,1H3. The van der Waals surface area contributed by atoms with Gasteiger partial charge in [-0.05, 0) is 36.2 Å². The van der Waals surface area contributed by atoms with Crippen LogP contribution >= 0.6 is 0 Å². The van der Waals surface area contributed by atoms with Crippen LogP contribution < -0.4 is 5.32 Å². The predicted molar refractivity (Wildman–Crippen MR) is 72.2 cm³/mol. The first-order chi connectivity index (χ1) is 8.76.